The lowest BCUT2D eigenvalue weighted by atomic mass is 10.1. The first-order valence-electron chi connectivity index (χ1n) is 8.90. The average Bonchev–Trinajstić information content (AvgIpc) is 3.26. The molecule has 0 aliphatic carbocycles. The fourth-order valence-corrected chi connectivity index (χ4v) is 4.00. The second-order valence-corrected chi connectivity index (χ2v) is 8.16. The minimum absolute atomic E-state index is 0.0985. The highest BCUT2D eigenvalue weighted by molar-refractivity contribution is 8.00. The number of thioether (sulfide) groups is 1. The molecule has 0 aliphatic rings. The van der Waals surface area contributed by atoms with Crippen LogP contribution in [-0.2, 0) is 4.79 Å². The van der Waals surface area contributed by atoms with Crippen LogP contribution in [0.1, 0.15) is 10.4 Å². The van der Waals surface area contributed by atoms with Gasteiger partial charge < -0.3 is 10.6 Å². The Hall–Kier alpha value is -3.16. The lowest BCUT2D eigenvalue weighted by Crippen LogP contribution is -2.13. The van der Waals surface area contributed by atoms with Crippen LogP contribution in [0.5, 0.6) is 0 Å². The van der Waals surface area contributed by atoms with E-state index >= 15 is 0 Å². The SMILES string of the molecule is O=C(CSc1ccc(NC(=O)c2ccc3ccccc3c2)cc1)Nc1nccs1. The molecule has 29 heavy (non-hydrogen) atoms. The number of nitrogens with one attached hydrogen (secondary N) is 2. The lowest BCUT2D eigenvalue weighted by molar-refractivity contribution is -0.113. The molecule has 3 aromatic carbocycles. The third-order valence-electron chi connectivity index (χ3n) is 4.17. The fraction of sp³-hybridized carbons (Fsp3) is 0.0455. The molecule has 7 heteroatoms. The van der Waals surface area contributed by atoms with Crippen molar-refractivity contribution < 1.29 is 9.59 Å². The van der Waals surface area contributed by atoms with E-state index in [-0.39, 0.29) is 11.8 Å². The number of hydrogen-bond donors (Lipinski definition) is 2. The molecule has 1 aromatic heterocycles. The van der Waals surface area contributed by atoms with E-state index in [9.17, 15) is 9.59 Å². The Balaban J connectivity index is 1.33. The number of nitrogens with zero attached hydrogens (tertiary/aromatic N) is 1. The highest BCUT2D eigenvalue weighted by atomic mass is 32.2. The minimum Gasteiger partial charge on any atom is -0.322 e. The largest absolute Gasteiger partial charge is 0.322 e. The average molecular weight is 420 g/mol. The van der Waals surface area contributed by atoms with Crippen molar-refractivity contribution in [3.05, 3.63) is 83.9 Å². The summed E-state index contributed by atoms with van der Waals surface area (Å²) in [6, 6.07) is 21.0. The van der Waals surface area contributed by atoms with Gasteiger partial charge in [-0.15, -0.1) is 23.1 Å². The summed E-state index contributed by atoms with van der Waals surface area (Å²) in [7, 11) is 0. The molecule has 4 aromatic rings. The van der Waals surface area contributed by atoms with Gasteiger partial charge in [-0.2, -0.15) is 0 Å². The molecule has 0 aliphatic heterocycles. The van der Waals surface area contributed by atoms with E-state index in [4.69, 9.17) is 0 Å². The zero-order chi connectivity index (χ0) is 20.1. The first kappa shape index (κ1) is 19.2. The molecule has 0 unspecified atom stereocenters. The Kier molecular flexibility index (Phi) is 5.88. The summed E-state index contributed by atoms with van der Waals surface area (Å²) in [4.78, 5) is 29.4. The Labute approximate surface area is 176 Å². The van der Waals surface area contributed by atoms with Gasteiger partial charge in [0.2, 0.25) is 5.91 Å². The topological polar surface area (TPSA) is 71.1 Å². The van der Waals surface area contributed by atoms with Gasteiger partial charge in [0.25, 0.3) is 5.91 Å². The van der Waals surface area contributed by atoms with Gasteiger partial charge in [-0.25, -0.2) is 4.98 Å². The number of fused-ring (bicyclic) bond motifs is 1. The number of rotatable bonds is 6. The van der Waals surface area contributed by atoms with E-state index in [1.165, 1.54) is 23.1 Å². The molecule has 4 rings (SSSR count). The zero-order valence-corrected chi connectivity index (χ0v) is 16.9. The van der Waals surface area contributed by atoms with Crippen molar-refractivity contribution >= 4 is 56.5 Å². The molecule has 0 saturated heterocycles. The molecule has 1 heterocycles. The molecule has 2 N–H and O–H groups in total. The van der Waals surface area contributed by atoms with E-state index in [2.05, 4.69) is 15.6 Å². The molecular formula is C22H17N3O2S2. The van der Waals surface area contributed by atoms with Crippen LogP contribution < -0.4 is 10.6 Å². The molecule has 0 fully saturated rings. The number of benzene rings is 3. The van der Waals surface area contributed by atoms with Crippen LogP contribution in [-0.4, -0.2) is 22.6 Å². The summed E-state index contributed by atoms with van der Waals surface area (Å²) in [6.07, 6.45) is 1.65. The van der Waals surface area contributed by atoms with Crippen LogP contribution in [0.3, 0.4) is 0 Å². The Morgan fingerprint density at radius 1 is 0.931 bits per heavy atom. The van der Waals surface area contributed by atoms with Crippen LogP contribution in [0.15, 0.2) is 83.2 Å². The number of hydrogen-bond acceptors (Lipinski definition) is 5. The summed E-state index contributed by atoms with van der Waals surface area (Å²) in [5.74, 6) is 0.0418. The van der Waals surface area contributed by atoms with Crippen LogP contribution in [0.2, 0.25) is 0 Å². The van der Waals surface area contributed by atoms with Gasteiger partial charge in [0.15, 0.2) is 5.13 Å². The van der Waals surface area contributed by atoms with Gasteiger partial charge in [-0.05, 0) is 47.2 Å². The Morgan fingerprint density at radius 3 is 2.48 bits per heavy atom. The van der Waals surface area contributed by atoms with E-state index in [1.807, 2.05) is 72.1 Å². The number of thiazole rings is 1. The summed E-state index contributed by atoms with van der Waals surface area (Å²) < 4.78 is 0. The second kappa shape index (κ2) is 8.89. The number of aromatic nitrogens is 1. The molecule has 2 amide bonds. The highest BCUT2D eigenvalue weighted by Crippen LogP contribution is 2.22. The van der Waals surface area contributed by atoms with Crippen LogP contribution >= 0.6 is 23.1 Å². The summed E-state index contributed by atoms with van der Waals surface area (Å²) in [6.45, 7) is 0. The maximum atomic E-state index is 12.5. The molecule has 0 saturated carbocycles. The first-order valence-corrected chi connectivity index (χ1v) is 10.8. The van der Waals surface area contributed by atoms with Gasteiger partial charge in [-0.1, -0.05) is 30.3 Å². The van der Waals surface area contributed by atoms with Crippen LogP contribution in [0.4, 0.5) is 10.8 Å². The molecular weight excluding hydrogens is 402 g/mol. The molecule has 144 valence electrons. The van der Waals surface area contributed by atoms with Gasteiger partial charge in [0.1, 0.15) is 0 Å². The minimum atomic E-state index is -0.154. The van der Waals surface area contributed by atoms with Gasteiger partial charge in [-0.3, -0.25) is 9.59 Å². The Morgan fingerprint density at radius 2 is 1.72 bits per heavy atom. The van der Waals surface area contributed by atoms with Crippen LogP contribution in [0.25, 0.3) is 10.8 Å². The molecule has 0 radical (unpaired) electrons. The predicted octanol–water partition coefficient (Wildman–Crippen LogP) is 5.28. The first-order chi connectivity index (χ1) is 14.2. The molecule has 0 atom stereocenters. The third-order valence-corrected chi connectivity index (χ3v) is 5.87. The maximum Gasteiger partial charge on any atom is 0.255 e. The van der Waals surface area contributed by atoms with Crippen molar-refractivity contribution in [1.29, 1.82) is 0 Å². The number of carbonyl (C=O) groups is 2. The summed E-state index contributed by atoms with van der Waals surface area (Å²) in [5.41, 5.74) is 1.32. The van der Waals surface area contributed by atoms with E-state index in [0.29, 0.717) is 22.1 Å². The molecule has 0 spiro atoms. The summed E-state index contributed by atoms with van der Waals surface area (Å²) in [5, 5.41) is 10.2. The third kappa shape index (κ3) is 5.01. The monoisotopic (exact) mass is 419 g/mol. The smallest absolute Gasteiger partial charge is 0.255 e. The predicted molar refractivity (Wildman–Crippen MR) is 120 cm³/mol. The zero-order valence-electron chi connectivity index (χ0n) is 15.3. The summed E-state index contributed by atoms with van der Waals surface area (Å²) >= 11 is 2.81. The van der Waals surface area contributed by atoms with Gasteiger partial charge in [0.05, 0.1) is 5.75 Å². The van der Waals surface area contributed by atoms with Crippen molar-refractivity contribution in [1.82, 2.24) is 4.98 Å². The number of anilines is 2. The quantitative estimate of drug-likeness (QED) is 0.417. The van der Waals surface area contributed by atoms with Crippen molar-refractivity contribution in [2.75, 3.05) is 16.4 Å². The van der Waals surface area contributed by atoms with Crippen molar-refractivity contribution in [2.45, 2.75) is 4.90 Å². The van der Waals surface area contributed by atoms with Crippen molar-refractivity contribution in [3.8, 4) is 0 Å². The van der Waals surface area contributed by atoms with Crippen LogP contribution in [0, 0.1) is 0 Å². The van der Waals surface area contributed by atoms with E-state index < -0.39 is 0 Å². The van der Waals surface area contributed by atoms with E-state index in [1.54, 1.807) is 6.20 Å². The van der Waals surface area contributed by atoms with Crippen molar-refractivity contribution in [3.63, 3.8) is 0 Å². The normalized spacial score (nSPS) is 10.6. The highest BCUT2D eigenvalue weighted by Gasteiger charge is 2.08. The number of amides is 2. The lowest BCUT2D eigenvalue weighted by Gasteiger charge is -2.08. The number of carbonyl (C=O) groups excluding carboxylic acids is 2. The molecule has 5 nitrogen and oxygen atoms in total. The van der Waals surface area contributed by atoms with E-state index in [0.717, 1.165) is 15.7 Å². The fourth-order valence-electron chi connectivity index (χ4n) is 2.76. The standard InChI is InChI=1S/C22H17N3O2S2/c26-20(25-22-23-11-12-28-22)14-29-19-9-7-18(8-10-19)24-21(27)17-6-5-15-3-1-2-4-16(15)13-17/h1-13H,14H2,(H,24,27)(H,23,25,26). The van der Waals surface area contributed by atoms with Gasteiger partial charge >= 0.3 is 0 Å². The Bertz CT molecular complexity index is 1140. The van der Waals surface area contributed by atoms with Gasteiger partial charge in [0, 0.05) is 27.7 Å². The molecule has 0 bridgehead atoms. The van der Waals surface area contributed by atoms with Crippen molar-refractivity contribution in [2.24, 2.45) is 0 Å². The second-order valence-electron chi connectivity index (χ2n) is 6.21. The maximum absolute atomic E-state index is 12.5.